The molecule has 0 saturated carbocycles. The minimum absolute atomic E-state index is 0.247. The first-order valence-corrected chi connectivity index (χ1v) is 7.57. The van der Waals surface area contributed by atoms with E-state index in [0.29, 0.717) is 5.92 Å². The molecule has 0 aromatic rings. The van der Waals surface area contributed by atoms with E-state index < -0.39 is 0 Å². The molecular formula is C15H30N2O2. The third-order valence-corrected chi connectivity index (χ3v) is 4.37. The molecule has 0 bridgehead atoms. The second-order valence-corrected chi connectivity index (χ2v) is 6.28. The number of piperidine rings is 1. The molecular weight excluding hydrogens is 240 g/mol. The number of carbonyl (C=O) groups is 1. The molecule has 4 heteroatoms. The predicted octanol–water partition coefficient (Wildman–Crippen LogP) is 1.63. The zero-order valence-corrected chi connectivity index (χ0v) is 12.7. The first kappa shape index (κ1) is 16.4. The minimum Gasteiger partial charge on any atom is -0.396 e. The Balaban J connectivity index is 2.44. The fraction of sp³-hybridized carbons (Fsp3) is 0.933. The number of unbranched alkanes of at least 4 members (excludes halogenated alkanes) is 2. The number of amides is 1. The number of nitrogens with zero attached hydrogens (tertiary/aromatic N) is 1. The van der Waals surface area contributed by atoms with Gasteiger partial charge in [0.05, 0.1) is 0 Å². The van der Waals surface area contributed by atoms with Gasteiger partial charge in [-0.25, -0.2) is 0 Å². The van der Waals surface area contributed by atoms with Gasteiger partial charge in [-0.2, -0.15) is 0 Å². The molecule has 2 N–H and O–H groups in total. The van der Waals surface area contributed by atoms with Crippen LogP contribution in [0.5, 0.6) is 0 Å². The maximum atomic E-state index is 12.6. The van der Waals surface area contributed by atoms with Crippen LogP contribution in [0.3, 0.4) is 0 Å². The minimum atomic E-state index is -0.279. The Morgan fingerprint density at radius 2 is 2.11 bits per heavy atom. The van der Waals surface area contributed by atoms with E-state index in [1.54, 1.807) is 0 Å². The normalized spacial score (nSPS) is 20.3. The van der Waals surface area contributed by atoms with Crippen LogP contribution in [0.25, 0.3) is 0 Å². The quantitative estimate of drug-likeness (QED) is 0.691. The molecule has 1 aliphatic heterocycles. The van der Waals surface area contributed by atoms with E-state index in [9.17, 15) is 4.79 Å². The Labute approximate surface area is 117 Å². The summed E-state index contributed by atoms with van der Waals surface area (Å²) in [6.07, 6.45) is 5.10. The van der Waals surface area contributed by atoms with Crippen LogP contribution in [0.15, 0.2) is 0 Å². The topological polar surface area (TPSA) is 52.6 Å². The van der Waals surface area contributed by atoms with E-state index in [0.717, 1.165) is 45.3 Å². The van der Waals surface area contributed by atoms with Crippen LogP contribution >= 0.6 is 0 Å². The van der Waals surface area contributed by atoms with Gasteiger partial charge < -0.3 is 15.3 Å². The largest absolute Gasteiger partial charge is 0.396 e. The first-order valence-electron chi connectivity index (χ1n) is 7.57. The molecule has 0 radical (unpaired) electrons. The number of aliphatic hydroxyl groups is 1. The van der Waals surface area contributed by atoms with E-state index in [2.05, 4.69) is 19.2 Å². The molecule has 1 fully saturated rings. The molecule has 1 atom stereocenters. The Kier molecular flexibility index (Phi) is 6.80. The van der Waals surface area contributed by atoms with Gasteiger partial charge in [0.15, 0.2) is 0 Å². The van der Waals surface area contributed by atoms with E-state index in [-0.39, 0.29) is 17.9 Å². The van der Waals surface area contributed by atoms with Crippen molar-refractivity contribution in [1.29, 1.82) is 0 Å². The second-order valence-electron chi connectivity index (χ2n) is 6.28. The molecule has 1 amide bonds. The van der Waals surface area contributed by atoms with Gasteiger partial charge in [0, 0.05) is 25.6 Å². The summed E-state index contributed by atoms with van der Waals surface area (Å²) in [7, 11) is 1.90. The molecule has 19 heavy (non-hydrogen) atoms. The highest BCUT2D eigenvalue weighted by Gasteiger charge is 2.38. The molecule has 1 unspecified atom stereocenters. The van der Waals surface area contributed by atoms with Crippen molar-refractivity contribution in [2.45, 2.75) is 46.0 Å². The van der Waals surface area contributed by atoms with E-state index in [4.69, 9.17) is 5.11 Å². The van der Waals surface area contributed by atoms with Crippen LogP contribution in [0.2, 0.25) is 0 Å². The van der Waals surface area contributed by atoms with Crippen molar-refractivity contribution in [3.05, 3.63) is 0 Å². The highest BCUT2D eigenvalue weighted by Crippen LogP contribution is 2.33. The fourth-order valence-corrected chi connectivity index (χ4v) is 2.87. The van der Waals surface area contributed by atoms with E-state index >= 15 is 0 Å². The number of nitrogens with one attached hydrogen (secondary N) is 1. The Bertz CT molecular complexity index is 273. The molecule has 1 saturated heterocycles. The molecule has 0 aromatic heterocycles. The highest BCUT2D eigenvalue weighted by molar-refractivity contribution is 5.82. The monoisotopic (exact) mass is 270 g/mol. The molecule has 0 aliphatic carbocycles. The lowest BCUT2D eigenvalue weighted by atomic mass is 9.74. The van der Waals surface area contributed by atoms with Crippen molar-refractivity contribution < 1.29 is 9.90 Å². The van der Waals surface area contributed by atoms with Gasteiger partial charge in [-0.1, -0.05) is 13.8 Å². The van der Waals surface area contributed by atoms with Crippen LogP contribution in [0.4, 0.5) is 0 Å². The number of hydrogen-bond acceptors (Lipinski definition) is 3. The average molecular weight is 270 g/mol. The third kappa shape index (κ3) is 4.77. The van der Waals surface area contributed by atoms with Crippen molar-refractivity contribution in [2.75, 3.05) is 33.3 Å². The summed E-state index contributed by atoms with van der Waals surface area (Å²) in [5, 5.41) is 12.1. The summed E-state index contributed by atoms with van der Waals surface area (Å²) in [4.78, 5) is 14.4. The zero-order valence-electron chi connectivity index (χ0n) is 12.7. The number of hydrogen-bond donors (Lipinski definition) is 2. The van der Waals surface area contributed by atoms with Crippen LogP contribution < -0.4 is 5.32 Å². The lowest BCUT2D eigenvalue weighted by Gasteiger charge is -2.38. The summed E-state index contributed by atoms with van der Waals surface area (Å²) >= 11 is 0. The summed E-state index contributed by atoms with van der Waals surface area (Å²) in [6, 6.07) is 0. The predicted molar refractivity (Wildman–Crippen MR) is 77.9 cm³/mol. The van der Waals surface area contributed by atoms with Gasteiger partial charge >= 0.3 is 0 Å². The maximum absolute atomic E-state index is 12.6. The van der Waals surface area contributed by atoms with Crippen LogP contribution in [0, 0.1) is 11.3 Å². The smallest absolute Gasteiger partial charge is 0.228 e. The van der Waals surface area contributed by atoms with Crippen LogP contribution in [-0.2, 0) is 4.79 Å². The van der Waals surface area contributed by atoms with Gasteiger partial charge in [-0.3, -0.25) is 4.79 Å². The molecule has 4 nitrogen and oxygen atoms in total. The molecule has 1 aliphatic rings. The van der Waals surface area contributed by atoms with E-state index in [1.807, 2.05) is 11.9 Å². The number of carbonyl (C=O) groups excluding carboxylic acids is 1. The maximum Gasteiger partial charge on any atom is 0.228 e. The lowest BCUT2D eigenvalue weighted by molar-refractivity contribution is -0.142. The third-order valence-electron chi connectivity index (χ3n) is 4.37. The summed E-state index contributed by atoms with van der Waals surface area (Å²) in [5.41, 5.74) is -0.279. The van der Waals surface area contributed by atoms with E-state index in [1.165, 1.54) is 6.42 Å². The first-order chi connectivity index (χ1) is 9.00. The zero-order chi connectivity index (χ0) is 14.3. The average Bonchev–Trinajstić information content (AvgIpc) is 2.43. The van der Waals surface area contributed by atoms with Crippen molar-refractivity contribution in [3.8, 4) is 0 Å². The fourth-order valence-electron chi connectivity index (χ4n) is 2.87. The van der Waals surface area contributed by atoms with Gasteiger partial charge in [-0.15, -0.1) is 0 Å². The highest BCUT2D eigenvalue weighted by atomic mass is 16.2. The Morgan fingerprint density at radius 3 is 2.68 bits per heavy atom. The molecule has 0 aromatic carbocycles. The number of rotatable bonds is 7. The standard InChI is InChI=1S/C15H30N2O2/c1-15(2,13-8-7-9-16-12-13)14(19)17(3)10-5-4-6-11-18/h13,16,18H,4-12H2,1-3H3. The van der Waals surface area contributed by atoms with Crippen molar-refractivity contribution in [2.24, 2.45) is 11.3 Å². The Morgan fingerprint density at radius 1 is 1.37 bits per heavy atom. The molecule has 1 heterocycles. The molecule has 0 spiro atoms. The Hall–Kier alpha value is -0.610. The van der Waals surface area contributed by atoms with Gasteiger partial charge in [0.1, 0.15) is 0 Å². The molecule has 112 valence electrons. The van der Waals surface area contributed by atoms with Crippen molar-refractivity contribution in [3.63, 3.8) is 0 Å². The van der Waals surface area contributed by atoms with Gasteiger partial charge in [0.2, 0.25) is 5.91 Å². The van der Waals surface area contributed by atoms with Gasteiger partial charge in [0.25, 0.3) is 0 Å². The lowest BCUT2D eigenvalue weighted by Crippen LogP contribution is -2.48. The van der Waals surface area contributed by atoms with Crippen molar-refractivity contribution >= 4 is 5.91 Å². The van der Waals surface area contributed by atoms with Gasteiger partial charge in [-0.05, 0) is 51.1 Å². The summed E-state index contributed by atoms with van der Waals surface area (Å²) in [5.74, 6) is 0.693. The number of aliphatic hydroxyl groups excluding tert-OH is 1. The summed E-state index contributed by atoms with van der Waals surface area (Å²) < 4.78 is 0. The van der Waals surface area contributed by atoms with Crippen molar-refractivity contribution in [1.82, 2.24) is 10.2 Å². The SMILES string of the molecule is CN(CCCCCO)C(=O)C(C)(C)C1CCCNC1. The molecule has 1 rings (SSSR count). The van der Waals surface area contributed by atoms with Crippen LogP contribution in [-0.4, -0.2) is 49.2 Å². The van der Waals surface area contributed by atoms with Crippen LogP contribution in [0.1, 0.15) is 46.0 Å². The summed E-state index contributed by atoms with van der Waals surface area (Å²) in [6.45, 7) is 7.24. The second kappa shape index (κ2) is 7.85.